The van der Waals surface area contributed by atoms with Crippen LogP contribution in [-0.4, -0.2) is 17.4 Å². The average molecular weight is 269 g/mol. The van der Waals surface area contributed by atoms with Crippen LogP contribution in [0.5, 0.6) is 0 Å². The predicted octanol–water partition coefficient (Wildman–Crippen LogP) is 2.68. The van der Waals surface area contributed by atoms with E-state index in [0.29, 0.717) is 17.1 Å². The van der Waals surface area contributed by atoms with Gasteiger partial charge in [-0.05, 0) is 30.2 Å². The van der Waals surface area contributed by atoms with Crippen molar-refractivity contribution in [1.29, 1.82) is 0 Å². The fourth-order valence-electron chi connectivity index (χ4n) is 2.44. The molecule has 18 heavy (non-hydrogen) atoms. The highest BCUT2D eigenvalue weighted by Crippen LogP contribution is 2.38. The maximum atomic E-state index is 11.9. The van der Waals surface area contributed by atoms with Crippen molar-refractivity contribution in [1.82, 2.24) is 0 Å². The SMILES string of the molecule is CC[C@@H]1C(=O)Nc2ccc(Cl)cc2[C@@H]1C[N+](=O)[O-]. The number of carbonyl (C=O) groups excluding carboxylic acids is 1. The summed E-state index contributed by atoms with van der Waals surface area (Å²) in [5, 5.41) is 14.1. The van der Waals surface area contributed by atoms with E-state index in [-0.39, 0.29) is 23.3 Å². The Labute approximate surface area is 109 Å². The van der Waals surface area contributed by atoms with Gasteiger partial charge in [-0.25, -0.2) is 0 Å². The third-order valence-corrected chi connectivity index (χ3v) is 3.51. The Hall–Kier alpha value is -1.62. The number of nitrogens with one attached hydrogen (secondary N) is 1. The van der Waals surface area contributed by atoms with Crippen LogP contribution in [0, 0.1) is 16.0 Å². The van der Waals surface area contributed by atoms with Gasteiger partial charge in [-0.1, -0.05) is 18.5 Å². The molecule has 1 aliphatic heterocycles. The molecule has 0 aromatic heterocycles. The summed E-state index contributed by atoms with van der Waals surface area (Å²) >= 11 is 5.92. The van der Waals surface area contributed by atoms with Crippen LogP contribution < -0.4 is 5.32 Å². The van der Waals surface area contributed by atoms with Gasteiger partial charge in [0.15, 0.2) is 0 Å². The first-order chi connectivity index (χ1) is 8.52. The fourth-order valence-corrected chi connectivity index (χ4v) is 2.62. The Morgan fingerprint density at radius 3 is 2.78 bits per heavy atom. The Kier molecular flexibility index (Phi) is 3.52. The van der Waals surface area contributed by atoms with Gasteiger partial charge in [0.25, 0.3) is 0 Å². The average Bonchev–Trinajstić information content (AvgIpc) is 2.30. The highest BCUT2D eigenvalue weighted by Gasteiger charge is 2.37. The minimum absolute atomic E-state index is 0.154. The van der Waals surface area contributed by atoms with E-state index >= 15 is 0 Å². The van der Waals surface area contributed by atoms with Gasteiger partial charge in [0.2, 0.25) is 12.5 Å². The van der Waals surface area contributed by atoms with Crippen molar-refractivity contribution in [2.75, 3.05) is 11.9 Å². The molecular weight excluding hydrogens is 256 g/mol. The number of nitro groups is 1. The molecule has 0 spiro atoms. The van der Waals surface area contributed by atoms with Gasteiger partial charge in [0.1, 0.15) is 0 Å². The number of carbonyl (C=O) groups is 1. The number of amides is 1. The van der Waals surface area contributed by atoms with Crippen LogP contribution >= 0.6 is 11.6 Å². The molecule has 1 heterocycles. The minimum Gasteiger partial charge on any atom is -0.326 e. The Morgan fingerprint density at radius 1 is 1.44 bits per heavy atom. The van der Waals surface area contributed by atoms with E-state index in [1.165, 1.54) is 0 Å². The van der Waals surface area contributed by atoms with Crippen molar-refractivity contribution in [3.8, 4) is 0 Å². The maximum absolute atomic E-state index is 11.9. The highest BCUT2D eigenvalue weighted by atomic mass is 35.5. The largest absolute Gasteiger partial charge is 0.326 e. The van der Waals surface area contributed by atoms with Gasteiger partial charge in [0.05, 0.1) is 11.8 Å². The summed E-state index contributed by atoms with van der Waals surface area (Å²) in [6.45, 7) is 1.60. The first-order valence-corrected chi connectivity index (χ1v) is 6.12. The third kappa shape index (κ3) is 2.31. The van der Waals surface area contributed by atoms with E-state index in [0.717, 1.165) is 5.56 Å². The van der Waals surface area contributed by atoms with Gasteiger partial charge in [-0.2, -0.15) is 0 Å². The van der Waals surface area contributed by atoms with Crippen LogP contribution in [0.4, 0.5) is 5.69 Å². The molecule has 0 saturated heterocycles. The Morgan fingerprint density at radius 2 is 2.17 bits per heavy atom. The number of nitrogens with zero attached hydrogens (tertiary/aromatic N) is 1. The Bertz CT molecular complexity index is 504. The molecule has 1 aromatic carbocycles. The van der Waals surface area contributed by atoms with Crippen LogP contribution in [-0.2, 0) is 4.79 Å². The van der Waals surface area contributed by atoms with Crippen molar-refractivity contribution in [2.45, 2.75) is 19.3 Å². The second-order valence-electron chi connectivity index (χ2n) is 4.36. The molecule has 6 heteroatoms. The summed E-state index contributed by atoms with van der Waals surface area (Å²) in [4.78, 5) is 22.3. The molecule has 1 aliphatic rings. The molecule has 2 rings (SSSR count). The highest BCUT2D eigenvalue weighted by molar-refractivity contribution is 6.30. The summed E-state index contributed by atoms with van der Waals surface area (Å²) in [5.41, 5.74) is 1.38. The normalized spacial score (nSPS) is 22.2. The molecule has 0 bridgehead atoms. The number of halogens is 1. The molecule has 0 saturated carbocycles. The standard InChI is InChI=1S/C12H13ClN2O3/c1-2-8-10(6-15(17)18)9-5-7(13)3-4-11(9)14-12(8)16/h3-5,8,10H,2,6H2,1H3,(H,14,16)/t8-,10+/m0/s1. The Balaban J connectivity index is 2.47. The van der Waals surface area contributed by atoms with Gasteiger partial charge in [-0.15, -0.1) is 0 Å². The predicted molar refractivity (Wildman–Crippen MR) is 68.5 cm³/mol. The van der Waals surface area contributed by atoms with E-state index in [1.807, 2.05) is 6.92 Å². The van der Waals surface area contributed by atoms with Gasteiger partial charge < -0.3 is 5.32 Å². The van der Waals surface area contributed by atoms with E-state index in [1.54, 1.807) is 18.2 Å². The molecule has 0 fully saturated rings. The zero-order valence-corrected chi connectivity index (χ0v) is 10.6. The topological polar surface area (TPSA) is 72.2 Å². The maximum Gasteiger partial charge on any atom is 0.228 e. The lowest BCUT2D eigenvalue weighted by molar-refractivity contribution is -0.484. The summed E-state index contributed by atoms with van der Waals surface area (Å²) in [7, 11) is 0. The number of anilines is 1. The molecule has 0 unspecified atom stereocenters. The van der Waals surface area contributed by atoms with Crippen molar-refractivity contribution >= 4 is 23.2 Å². The van der Waals surface area contributed by atoms with Crippen molar-refractivity contribution in [3.05, 3.63) is 38.9 Å². The van der Waals surface area contributed by atoms with Crippen LogP contribution in [0.25, 0.3) is 0 Å². The van der Waals surface area contributed by atoms with Crippen molar-refractivity contribution in [2.24, 2.45) is 5.92 Å². The second kappa shape index (κ2) is 4.94. The second-order valence-corrected chi connectivity index (χ2v) is 4.79. The van der Waals surface area contributed by atoms with E-state index < -0.39 is 5.92 Å². The van der Waals surface area contributed by atoms with E-state index in [2.05, 4.69) is 5.32 Å². The fraction of sp³-hybridized carbons (Fsp3) is 0.417. The molecule has 0 radical (unpaired) electrons. The molecule has 0 aliphatic carbocycles. The smallest absolute Gasteiger partial charge is 0.228 e. The van der Waals surface area contributed by atoms with Gasteiger partial charge >= 0.3 is 0 Å². The van der Waals surface area contributed by atoms with Gasteiger partial charge in [0, 0.05) is 15.6 Å². The lowest BCUT2D eigenvalue weighted by atomic mass is 9.80. The lowest BCUT2D eigenvalue weighted by Crippen LogP contribution is -2.36. The molecular formula is C12H13ClN2O3. The van der Waals surface area contributed by atoms with Crippen LogP contribution in [0.15, 0.2) is 18.2 Å². The van der Waals surface area contributed by atoms with E-state index in [4.69, 9.17) is 11.6 Å². The first kappa shape index (κ1) is 12.8. The number of hydrogen-bond acceptors (Lipinski definition) is 3. The van der Waals surface area contributed by atoms with E-state index in [9.17, 15) is 14.9 Å². The van der Waals surface area contributed by atoms with Gasteiger partial charge in [-0.3, -0.25) is 14.9 Å². The molecule has 1 aromatic rings. The summed E-state index contributed by atoms with van der Waals surface area (Å²) in [5.74, 6) is -0.937. The molecule has 1 N–H and O–H groups in total. The zero-order chi connectivity index (χ0) is 13.3. The summed E-state index contributed by atoms with van der Waals surface area (Å²) in [6, 6.07) is 5.05. The number of rotatable bonds is 3. The number of benzene rings is 1. The summed E-state index contributed by atoms with van der Waals surface area (Å²) < 4.78 is 0. The van der Waals surface area contributed by atoms with Crippen LogP contribution in [0.1, 0.15) is 24.8 Å². The molecule has 1 amide bonds. The van der Waals surface area contributed by atoms with Crippen LogP contribution in [0.3, 0.4) is 0 Å². The number of hydrogen-bond donors (Lipinski definition) is 1. The molecule has 96 valence electrons. The van der Waals surface area contributed by atoms with Crippen molar-refractivity contribution in [3.63, 3.8) is 0 Å². The third-order valence-electron chi connectivity index (χ3n) is 3.28. The monoisotopic (exact) mass is 268 g/mol. The first-order valence-electron chi connectivity index (χ1n) is 5.75. The molecule has 2 atom stereocenters. The lowest BCUT2D eigenvalue weighted by Gasteiger charge is -2.30. The van der Waals surface area contributed by atoms with Crippen LogP contribution in [0.2, 0.25) is 5.02 Å². The quantitative estimate of drug-likeness (QED) is 0.677. The molecule has 5 nitrogen and oxygen atoms in total. The number of fused-ring (bicyclic) bond motifs is 1. The zero-order valence-electron chi connectivity index (χ0n) is 9.85. The van der Waals surface area contributed by atoms with Crippen molar-refractivity contribution < 1.29 is 9.72 Å². The minimum atomic E-state index is -0.410. The summed E-state index contributed by atoms with van der Waals surface area (Å²) in [6.07, 6.45) is 0.566.